The molecule has 0 aliphatic heterocycles. The summed E-state index contributed by atoms with van der Waals surface area (Å²) in [5.74, 6) is -1.11. The molecule has 0 saturated carbocycles. The van der Waals surface area contributed by atoms with Crippen LogP contribution < -0.4 is 5.32 Å². The number of nitrogens with one attached hydrogen (secondary N) is 1. The van der Waals surface area contributed by atoms with Crippen LogP contribution in [0.1, 0.15) is 18.1 Å². The van der Waals surface area contributed by atoms with Gasteiger partial charge < -0.3 is 15.3 Å². The maximum absolute atomic E-state index is 11.8. The number of nitro benzene ring substituents is 1. The molecule has 2 N–H and O–H groups in total. The molecule has 1 atom stereocenters. The molecule has 0 spiro atoms. The molecule has 114 valence electrons. The van der Waals surface area contributed by atoms with E-state index in [0.717, 1.165) is 4.90 Å². The van der Waals surface area contributed by atoms with Crippen LogP contribution in [-0.4, -0.2) is 40.0 Å². The highest BCUT2D eigenvalue weighted by Crippen LogP contribution is 2.20. The molecule has 1 aromatic carbocycles. The monoisotopic (exact) mass is 295 g/mol. The summed E-state index contributed by atoms with van der Waals surface area (Å²) in [5, 5.41) is 22.2. The number of aliphatic carboxylic acids is 1. The molecule has 0 saturated heterocycles. The van der Waals surface area contributed by atoms with Crippen LogP contribution in [-0.2, 0) is 11.3 Å². The number of carbonyl (C=O) groups excluding carboxylic acids is 1. The zero-order valence-corrected chi connectivity index (χ0v) is 12.0. The standard InChI is InChI=1S/C13H17N3O5/c1-8-10(5-4-6-11(8)16(20)21)7-14-13(19)15(3)9(2)12(17)18/h4-6,9H,7H2,1-3H3,(H,14,19)(H,17,18). The second-order valence-corrected chi connectivity index (χ2v) is 4.60. The average molecular weight is 295 g/mol. The van der Waals surface area contributed by atoms with Gasteiger partial charge in [0.25, 0.3) is 5.69 Å². The zero-order valence-electron chi connectivity index (χ0n) is 12.0. The third-order valence-corrected chi connectivity index (χ3v) is 3.30. The fourth-order valence-corrected chi connectivity index (χ4v) is 1.70. The van der Waals surface area contributed by atoms with Crippen LogP contribution >= 0.6 is 0 Å². The number of nitrogens with zero attached hydrogens (tertiary/aromatic N) is 2. The van der Waals surface area contributed by atoms with Gasteiger partial charge in [0.1, 0.15) is 6.04 Å². The number of urea groups is 1. The van der Waals surface area contributed by atoms with E-state index in [1.807, 2.05) is 0 Å². The first-order valence-electron chi connectivity index (χ1n) is 6.22. The lowest BCUT2D eigenvalue weighted by Crippen LogP contribution is -2.45. The van der Waals surface area contributed by atoms with Crippen molar-refractivity contribution in [1.29, 1.82) is 0 Å². The Balaban J connectivity index is 2.76. The van der Waals surface area contributed by atoms with Crippen molar-refractivity contribution >= 4 is 17.7 Å². The summed E-state index contributed by atoms with van der Waals surface area (Å²) in [7, 11) is 1.37. The maximum Gasteiger partial charge on any atom is 0.326 e. The molecule has 0 bridgehead atoms. The number of hydrogen-bond acceptors (Lipinski definition) is 4. The van der Waals surface area contributed by atoms with Crippen LogP contribution in [0, 0.1) is 17.0 Å². The molecule has 0 aromatic heterocycles. The first-order valence-corrected chi connectivity index (χ1v) is 6.22. The number of amides is 2. The second kappa shape index (κ2) is 6.69. The van der Waals surface area contributed by atoms with Crippen molar-refractivity contribution in [3.63, 3.8) is 0 Å². The van der Waals surface area contributed by atoms with E-state index in [1.54, 1.807) is 13.0 Å². The van der Waals surface area contributed by atoms with Crippen molar-refractivity contribution in [2.75, 3.05) is 7.05 Å². The molecule has 0 radical (unpaired) electrons. The van der Waals surface area contributed by atoms with Crippen molar-refractivity contribution in [2.24, 2.45) is 0 Å². The highest BCUT2D eigenvalue weighted by Gasteiger charge is 2.21. The van der Waals surface area contributed by atoms with Crippen molar-refractivity contribution in [2.45, 2.75) is 26.4 Å². The van der Waals surface area contributed by atoms with E-state index in [1.165, 1.54) is 26.1 Å². The van der Waals surface area contributed by atoms with Crippen LogP contribution in [0.3, 0.4) is 0 Å². The highest BCUT2D eigenvalue weighted by molar-refractivity contribution is 5.82. The number of likely N-dealkylation sites (N-methyl/N-ethyl adjacent to an activating group) is 1. The number of benzene rings is 1. The summed E-state index contributed by atoms with van der Waals surface area (Å²) in [5.41, 5.74) is 1.06. The van der Waals surface area contributed by atoms with E-state index in [9.17, 15) is 19.7 Å². The van der Waals surface area contributed by atoms with Crippen LogP contribution in [0.15, 0.2) is 18.2 Å². The van der Waals surface area contributed by atoms with Crippen molar-refractivity contribution in [3.05, 3.63) is 39.4 Å². The van der Waals surface area contributed by atoms with Crippen molar-refractivity contribution in [3.8, 4) is 0 Å². The van der Waals surface area contributed by atoms with Gasteiger partial charge in [0.2, 0.25) is 0 Å². The van der Waals surface area contributed by atoms with Crippen LogP contribution in [0.5, 0.6) is 0 Å². The normalized spacial score (nSPS) is 11.6. The lowest BCUT2D eigenvalue weighted by Gasteiger charge is -2.22. The number of nitro groups is 1. The molecule has 21 heavy (non-hydrogen) atoms. The van der Waals surface area contributed by atoms with Crippen LogP contribution in [0.2, 0.25) is 0 Å². The number of hydrogen-bond donors (Lipinski definition) is 2. The van der Waals surface area contributed by atoms with Gasteiger partial charge in [-0.25, -0.2) is 9.59 Å². The molecule has 0 heterocycles. The number of carbonyl (C=O) groups is 2. The Morgan fingerprint density at radius 2 is 2.10 bits per heavy atom. The molecule has 0 fully saturated rings. The smallest absolute Gasteiger partial charge is 0.326 e. The quantitative estimate of drug-likeness (QED) is 0.631. The molecule has 0 aliphatic rings. The third kappa shape index (κ3) is 3.91. The Morgan fingerprint density at radius 1 is 1.48 bits per heavy atom. The largest absolute Gasteiger partial charge is 0.480 e. The first kappa shape index (κ1) is 16.4. The van der Waals surface area contributed by atoms with Gasteiger partial charge in [-0.2, -0.15) is 0 Å². The second-order valence-electron chi connectivity index (χ2n) is 4.60. The molecule has 1 rings (SSSR count). The maximum atomic E-state index is 11.8. The molecule has 8 heteroatoms. The minimum absolute atomic E-state index is 0.0194. The molecule has 1 unspecified atom stereocenters. The molecule has 0 aliphatic carbocycles. The summed E-state index contributed by atoms with van der Waals surface area (Å²) in [6, 6.07) is 3.07. The van der Waals surface area contributed by atoms with Crippen molar-refractivity contribution in [1.82, 2.24) is 10.2 Å². The number of carboxylic acid groups (broad SMARTS) is 1. The fraction of sp³-hybridized carbons (Fsp3) is 0.385. The summed E-state index contributed by atoms with van der Waals surface area (Å²) < 4.78 is 0. The van der Waals surface area contributed by atoms with Crippen LogP contribution in [0.4, 0.5) is 10.5 Å². The number of rotatable bonds is 5. The number of carboxylic acids is 1. The van der Waals surface area contributed by atoms with Crippen molar-refractivity contribution < 1.29 is 19.6 Å². The van der Waals surface area contributed by atoms with Gasteiger partial charge in [-0.05, 0) is 19.4 Å². The predicted molar refractivity (Wildman–Crippen MR) is 74.9 cm³/mol. The summed E-state index contributed by atoms with van der Waals surface area (Å²) in [6.45, 7) is 3.08. The topological polar surface area (TPSA) is 113 Å². The molecular formula is C13H17N3O5. The van der Waals surface area contributed by atoms with Crippen LogP contribution in [0.25, 0.3) is 0 Å². The molecular weight excluding hydrogens is 278 g/mol. The summed E-state index contributed by atoms with van der Waals surface area (Å²) in [4.78, 5) is 34.0. The van der Waals surface area contributed by atoms with E-state index >= 15 is 0 Å². The fourth-order valence-electron chi connectivity index (χ4n) is 1.70. The Morgan fingerprint density at radius 3 is 2.62 bits per heavy atom. The van der Waals surface area contributed by atoms with Gasteiger partial charge >= 0.3 is 12.0 Å². The molecule has 8 nitrogen and oxygen atoms in total. The Hall–Kier alpha value is -2.64. The Bertz CT molecular complexity index is 573. The molecule has 2 amide bonds. The first-order chi connectivity index (χ1) is 9.75. The minimum Gasteiger partial charge on any atom is -0.480 e. The minimum atomic E-state index is -1.11. The lowest BCUT2D eigenvalue weighted by molar-refractivity contribution is -0.385. The van der Waals surface area contributed by atoms with E-state index < -0.39 is 23.0 Å². The predicted octanol–water partition coefficient (Wildman–Crippen LogP) is 1.52. The Kier molecular flexibility index (Phi) is 5.23. The van der Waals surface area contributed by atoms with E-state index in [-0.39, 0.29) is 12.2 Å². The van der Waals surface area contributed by atoms with Gasteiger partial charge in [-0.15, -0.1) is 0 Å². The third-order valence-electron chi connectivity index (χ3n) is 3.30. The summed E-state index contributed by atoms with van der Waals surface area (Å²) >= 11 is 0. The zero-order chi connectivity index (χ0) is 16.2. The van der Waals surface area contributed by atoms with Gasteiger partial charge in [0, 0.05) is 25.2 Å². The SMILES string of the molecule is Cc1c(CNC(=O)N(C)C(C)C(=O)O)cccc1[N+](=O)[O-]. The van der Waals surface area contributed by atoms with Gasteiger partial charge in [0.05, 0.1) is 4.92 Å². The van der Waals surface area contributed by atoms with E-state index in [2.05, 4.69) is 5.32 Å². The van der Waals surface area contributed by atoms with Gasteiger partial charge in [-0.1, -0.05) is 12.1 Å². The Labute approximate surface area is 121 Å². The van der Waals surface area contributed by atoms with Gasteiger partial charge in [-0.3, -0.25) is 10.1 Å². The van der Waals surface area contributed by atoms with E-state index in [4.69, 9.17) is 5.11 Å². The molecule has 1 aromatic rings. The summed E-state index contributed by atoms with van der Waals surface area (Å²) in [6.07, 6.45) is 0. The highest BCUT2D eigenvalue weighted by atomic mass is 16.6. The van der Waals surface area contributed by atoms with Gasteiger partial charge in [0.15, 0.2) is 0 Å². The lowest BCUT2D eigenvalue weighted by atomic mass is 10.1. The van der Waals surface area contributed by atoms with E-state index in [0.29, 0.717) is 11.1 Å². The average Bonchev–Trinajstić information content (AvgIpc) is 2.43.